The quantitative estimate of drug-likeness (QED) is 0.0498. The van der Waals surface area contributed by atoms with Crippen LogP contribution < -0.4 is 4.74 Å². The van der Waals surface area contributed by atoms with E-state index in [1.165, 1.54) is 95.2 Å². The van der Waals surface area contributed by atoms with Crippen molar-refractivity contribution >= 4 is 49.8 Å². The van der Waals surface area contributed by atoms with Gasteiger partial charge in [-0.15, -0.1) is 0 Å². The Hall–Kier alpha value is -0.940. The molecule has 0 saturated carbocycles. The second-order valence-corrected chi connectivity index (χ2v) is 15.1. The van der Waals surface area contributed by atoms with Gasteiger partial charge in [0.25, 0.3) is 10.1 Å². The van der Waals surface area contributed by atoms with Crippen LogP contribution in [-0.4, -0.2) is 59.6 Å². The van der Waals surface area contributed by atoms with E-state index in [-0.39, 0.29) is 48.5 Å². The number of para-hydroxylation sites is 1. The van der Waals surface area contributed by atoms with Crippen molar-refractivity contribution < 1.29 is 29.9 Å². The molecule has 0 aliphatic heterocycles. The predicted octanol–water partition coefficient (Wildman–Crippen LogP) is 10.4. The van der Waals surface area contributed by atoms with Gasteiger partial charge in [0.1, 0.15) is 16.4 Å². The molecule has 0 heterocycles. The van der Waals surface area contributed by atoms with Crippen LogP contribution in [0, 0.1) is 0 Å². The topological polar surface area (TPSA) is 96.0 Å². The van der Waals surface area contributed by atoms with E-state index in [1.54, 1.807) is 24.3 Å². The first kappa shape index (κ1) is 43.1. The van der Waals surface area contributed by atoms with Gasteiger partial charge in [0, 0.05) is 29.6 Å². The first-order chi connectivity index (χ1) is 21.8. The molecule has 0 aliphatic carbocycles. The van der Waals surface area contributed by atoms with E-state index in [0.717, 1.165) is 38.5 Å². The number of rotatable bonds is 28. The molecule has 257 valence electrons. The van der Waals surface area contributed by atoms with Gasteiger partial charge in [0.15, 0.2) is 4.90 Å². The Morgan fingerprint density at radius 1 is 0.478 bits per heavy atom. The normalized spacial score (nSPS) is 11.8. The van der Waals surface area contributed by atoms with Crippen LogP contribution in [0.5, 0.6) is 11.5 Å². The van der Waals surface area contributed by atoms with Crippen molar-refractivity contribution in [2.24, 2.45) is 0 Å². The van der Waals surface area contributed by atoms with Gasteiger partial charge in [-0.3, -0.25) is 8.37 Å². The summed E-state index contributed by atoms with van der Waals surface area (Å²) in [6, 6.07) is 12.8. The third-order valence-corrected chi connectivity index (χ3v) is 10.8. The largest absolute Gasteiger partial charge is 0.456 e. The average molecular weight is 690 g/mol. The Kier molecular flexibility index (Phi) is 24.3. The number of ether oxygens (including phenoxy) is 1. The molecule has 2 aromatic carbocycles. The zero-order valence-electron chi connectivity index (χ0n) is 28.8. The number of hydrogen-bond acceptors (Lipinski definition) is 7. The molecule has 46 heavy (non-hydrogen) atoms. The molecule has 0 bridgehead atoms. The monoisotopic (exact) mass is 689 g/mol. The Morgan fingerprint density at radius 3 is 1.35 bits per heavy atom. The summed E-state index contributed by atoms with van der Waals surface area (Å²) in [5, 5.41) is 0. The van der Waals surface area contributed by atoms with E-state index in [0.29, 0.717) is 18.6 Å². The molecular formula is C36H58NaO7S2. The minimum absolute atomic E-state index is 0. The van der Waals surface area contributed by atoms with Crippen LogP contribution >= 0.6 is 0 Å². The molecule has 0 atom stereocenters. The molecule has 2 aromatic rings. The van der Waals surface area contributed by atoms with E-state index < -0.39 is 30.0 Å². The first-order valence-corrected chi connectivity index (χ1v) is 20.3. The Morgan fingerprint density at radius 2 is 0.891 bits per heavy atom. The minimum Gasteiger partial charge on any atom is -0.456 e. The van der Waals surface area contributed by atoms with E-state index >= 15 is 0 Å². The van der Waals surface area contributed by atoms with Crippen LogP contribution in [0.1, 0.15) is 142 Å². The summed E-state index contributed by atoms with van der Waals surface area (Å²) in [4.78, 5) is -0.991. The van der Waals surface area contributed by atoms with Crippen molar-refractivity contribution in [1.29, 1.82) is 0 Å². The van der Waals surface area contributed by atoms with Crippen molar-refractivity contribution in [1.82, 2.24) is 0 Å². The van der Waals surface area contributed by atoms with E-state index in [4.69, 9.17) is 13.1 Å². The minimum atomic E-state index is -4.47. The van der Waals surface area contributed by atoms with Gasteiger partial charge in [0.05, 0.1) is 13.2 Å². The summed E-state index contributed by atoms with van der Waals surface area (Å²) in [6.45, 7) is 4.38. The number of unbranched alkanes of at least 4 members (excludes halogenated alkanes) is 18. The van der Waals surface area contributed by atoms with Crippen LogP contribution in [0.3, 0.4) is 0 Å². The van der Waals surface area contributed by atoms with Crippen molar-refractivity contribution in [2.75, 3.05) is 13.2 Å². The molecule has 0 N–H and O–H groups in total. The molecule has 0 saturated heterocycles. The van der Waals surface area contributed by atoms with E-state index in [1.807, 2.05) is 6.07 Å². The maximum Gasteiger partial charge on any atom is 0.302 e. The molecule has 0 amide bonds. The third kappa shape index (κ3) is 18.0. The van der Waals surface area contributed by atoms with Crippen LogP contribution in [0.2, 0.25) is 0 Å². The molecule has 0 spiro atoms. The van der Waals surface area contributed by atoms with Crippen molar-refractivity contribution in [3.05, 3.63) is 48.5 Å². The van der Waals surface area contributed by atoms with Crippen molar-refractivity contribution in [3.63, 3.8) is 0 Å². The average Bonchev–Trinajstić information content (AvgIpc) is 3.03. The Labute approximate surface area is 303 Å². The fraction of sp³-hybridized carbons (Fsp3) is 0.667. The molecule has 2 rings (SSSR count). The van der Waals surface area contributed by atoms with Gasteiger partial charge in [0.2, 0.25) is 0 Å². The zero-order chi connectivity index (χ0) is 32.6. The maximum atomic E-state index is 13.5. The Bertz CT molecular complexity index is 1250. The zero-order valence-corrected chi connectivity index (χ0v) is 32.5. The molecule has 1 radical (unpaired) electrons. The predicted molar refractivity (Wildman–Crippen MR) is 189 cm³/mol. The molecular weight excluding hydrogens is 632 g/mol. The van der Waals surface area contributed by atoms with Crippen LogP contribution in [0.15, 0.2) is 58.3 Å². The van der Waals surface area contributed by atoms with Gasteiger partial charge in [-0.1, -0.05) is 154 Å². The summed E-state index contributed by atoms with van der Waals surface area (Å²) in [5.41, 5.74) is 0. The molecule has 0 fully saturated rings. The van der Waals surface area contributed by atoms with Crippen LogP contribution in [0.25, 0.3) is 0 Å². The first-order valence-electron chi connectivity index (χ1n) is 17.5. The third-order valence-electron chi connectivity index (χ3n) is 7.91. The van der Waals surface area contributed by atoms with Gasteiger partial charge in [-0.2, -0.15) is 16.8 Å². The number of benzene rings is 2. The summed E-state index contributed by atoms with van der Waals surface area (Å²) in [6.07, 6.45) is 22.2. The fourth-order valence-electron chi connectivity index (χ4n) is 5.27. The van der Waals surface area contributed by atoms with Gasteiger partial charge < -0.3 is 4.74 Å². The second kappa shape index (κ2) is 26.0. The van der Waals surface area contributed by atoms with Gasteiger partial charge in [-0.05, 0) is 37.1 Å². The fourth-order valence-corrected chi connectivity index (χ4v) is 8.05. The standard InChI is InChI=1S/C36H58O7S2.Na/c1-3-5-7-9-11-13-15-17-19-24-31-41-44(37,38)35-30-26-29-34(43-33-27-22-21-23-28-33)36(35)45(39,40)42-32-25-20-18-16-14-12-10-8-6-4-2;/h21-23,26-30H,3-20,24-25,31-32H2,1-2H3;. The summed E-state index contributed by atoms with van der Waals surface area (Å²) >= 11 is 0. The molecule has 7 nitrogen and oxygen atoms in total. The maximum absolute atomic E-state index is 13.5. The summed E-state index contributed by atoms with van der Waals surface area (Å²) < 4.78 is 70.3. The molecule has 0 aromatic heterocycles. The van der Waals surface area contributed by atoms with Crippen LogP contribution in [-0.2, 0) is 28.6 Å². The van der Waals surface area contributed by atoms with E-state index in [2.05, 4.69) is 13.8 Å². The van der Waals surface area contributed by atoms with Crippen molar-refractivity contribution in [2.45, 2.75) is 152 Å². The summed E-state index contributed by atoms with van der Waals surface area (Å²) in [7, 11) is -8.87. The van der Waals surface area contributed by atoms with Gasteiger partial charge >= 0.3 is 10.1 Å². The van der Waals surface area contributed by atoms with Gasteiger partial charge in [-0.25, -0.2) is 0 Å². The molecule has 0 unspecified atom stereocenters. The number of hydrogen-bond donors (Lipinski definition) is 0. The smallest absolute Gasteiger partial charge is 0.302 e. The summed E-state index contributed by atoms with van der Waals surface area (Å²) in [5.74, 6) is 0.261. The second-order valence-electron chi connectivity index (χ2n) is 11.9. The molecule has 0 aliphatic rings. The van der Waals surface area contributed by atoms with E-state index in [9.17, 15) is 16.8 Å². The SMILES string of the molecule is CCCCCCCCCCCCOS(=O)(=O)c1cccc(Oc2ccccc2)c1S(=O)(=O)OCCCCCCCCCCCC.[Na]. The Balaban J connectivity index is 0.0000106. The van der Waals surface area contributed by atoms with Crippen LogP contribution in [0.4, 0.5) is 0 Å². The van der Waals surface area contributed by atoms with Crippen molar-refractivity contribution in [3.8, 4) is 11.5 Å². The molecule has 10 heteroatoms.